The zero-order chi connectivity index (χ0) is 13.8. The fraction of sp³-hybridized carbons (Fsp3) is 0.462. The number of hydrogen-bond acceptors (Lipinski definition) is 6. The lowest BCUT2D eigenvalue weighted by molar-refractivity contribution is 0.406. The highest BCUT2D eigenvalue weighted by Gasteiger charge is 2.17. The van der Waals surface area contributed by atoms with E-state index in [4.69, 9.17) is 4.74 Å². The summed E-state index contributed by atoms with van der Waals surface area (Å²) in [6.45, 7) is 4.05. The van der Waals surface area contributed by atoms with E-state index in [1.807, 2.05) is 27.1 Å². The van der Waals surface area contributed by atoms with Gasteiger partial charge in [0, 0.05) is 29.4 Å². The van der Waals surface area contributed by atoms with Gasteiger partial charge >= 0.3 is 0 Å². The van der Waals surface area contributed by atoms with Crippen LogP contribution in [0.3, 0.4) is 0 Å². The van der Waals surface area contributed by atoms with Gasteiger partial charge in [-0.2, -0.15) is 0 Å². The standard InChI is InChI=1S/C13H18N4OS/c1-8-6-15-10(9(2)13(8)18-4)5-11(14-3)12-7-16-17-19-12/h6-7,11,14H,5H2,1-4H3. The van der Waals surface area contributed by atoms with Gasteiger partial charge in [-0.3, -0.25) is 4.98 Å². The first-order valence-corrected chi connectivity index (χ1v) is 6.88. The second kappa shape index (κ2) is 6.08. The first-order valence-electron chi connectivity index (χ1n) is 6.11. The second-order valence-electron chi connectivity index (χ2n) is 4.41. The summed E-state index contributed by atoms with van der Waals surface area (Å²) in [5.41, 5.74) is 3.19. The first kappa shape index (κ1) is 13.9. The topological polar surface area (TPSA) is 59.9 Å². The van der Waals surface area contributed by atoms with E-state index in [1.165, 1.54) is 11.5 Å². The van der Waals surface area contributed by atoms with Crippen LogP contribution < -0.4 is 10.1 Å². The number of methoxy groups -OCH3 is 1. The van der Waals surface area contributed by atoms with Crippen molar-refractivity contribution < 1.29 is 4.74 Å². The van der Waals surface area contributed by atoms with Crippen molar-refractivity contribution in [3.8, 4) is 5.75 Å². The summed E-state index contributed by atoms with van der Waals surface area (Å²) in [5.74, 6) is 0.919. The smallest absolute Gasteiger partial charge is 0.128 e. The zero-order valence-corrected chi connectivity index (χ0v) is 12.4. The van der Waals surface area contributed by atoms with Crippen LogP contribution in [0.25, 0.3) is 0 Å². The molecule has 2 heterocycles. The molecule has 0 radical (unpaired) electrons. The third kappa shape index (κ3) is 2.90. The monoisotopic (exact) mass is 278 g/mol. The molecule has 6 heteroatoms. The summed E-state index contributed by atoms with van der Waals surface area (Å²) in [4.78, 5) is 5.64. The van der Waals surface area contributed by atoms with Gasteiger partial charge in [-0.15, -0.1) is 5.10 Å². The molecular formula is C13H18N4OS. The van der Waals surface area contributed by atoms with Crippen LogP contribution in [0.15, 0.2) is 12.4 Å². The maximum atomic E-state index is 5.44. The van der Waals surface area contributed by atoms with Crippen molar-refractivity contribution in [1.29, 1.82) is 0 Å². The fourth-order valence-electron chi connectivity index (χ4n) is 2.14. The minimum atomic E-state index is 0.179. The van der Waals surface area contributed by atoms with Gasteiger partial charge in [-0.1, -0.05) is 4.49 Å². The van der Waals surface area contributed by atoms with Crippen molar-refractivity contribution >= 4 is 11.5 Å². The number of rotatable bonds is 5. The second-order valence-corrected chi connectivity index (χ2v) is 5.23. The van der Waals surface area contributed by atoms with Gasteiger partial charge in [0.25, 0.3) is 0 Å². The average Bonchev–Trinajstić information content (AvgIpc) is 2.92. The van der Waals surface area contributed by atoms with Gasteiger partial charge in [0.15, 0.2) is 0 Å². The molecule has 0 aliphatic heterocycles. The molecule has 102 valence electrons. The Bertz CT molecular complexity index is 542. The molecule has 0 fully saturated rings. The lowest BCUT2D eigenvalue weighted by Crippen LogP contribution is -2.19. The fourth-order valence-corrected chi connectivity index (χ4v) is 2.75. The predicted octanol–water partition coefficient (Wildman–Crippen LogP) is 2.06. The third-order valence-corrected chi connectivity index (χ3v) is 3.99. The van der Waals surface area contributed by atoms with Crippen molar-refractivity contribution in [2.75, 3.05) is 14.2 Å². The highest BCUT2D eigenvalue weighted by atomic mass is 32.1. The number of nitrogens with zero attached hydrogens (tertiary/aromatic N) is 3. The molecule has 2 aromatic heterocycles. The maximum Gasteiger partial charge on any atom is 0.128 e. The van der Waals surface area contributed by atoms with Crippen LogP contribution in [0.4, 0.5) is 0 Å². The highest BCUT2D eigenvalue weighted by Crippen LogP contribution is 2.27. The molecule has 1 N–H and O–H groups in total. The minimum Gasteiger partial charge on any atom is -0.496 e. The number of hydrogen-bond donors (Lipinski definition) is 1. The number of likely N-dealkylation sites (N-methyl/N-ethyl adjacent to an activating group) is 1. The molecule has 0 aliphatic carbocycles. The summed E-state index contributed by atoms with van der Waals surface area (Å²) in [6, 6.07) is 0.179. The van der Waals surface area contributed by atoms with Crippen molar-refractivity contribution in [1.82, 2.24) is 19.9 Å². The summed E-state index contributed by atoms with van der Waals surface area (Å²) < 4.78 is 9.35. The van der Waals surface area contributed by atoms with Crippen LogP contribution in [0.5, 0.6) is 5.75 Å². The predicted molar refractivity (Wildman–Crippen MR) is 75.7 cm³/mol. The normalized spacial score (nSPS) is 12.4. The molecule has 5 nitrogen and oxygen atoms in total. The van der Waals surface area contributed by atoms with Crippen LogP contribution in [-0.2, 0) is 6.42 Å². The molecule has 2 aromatic rings. The highest BCUT2D eigenvalue weighted by molar-refractivity contribution is 7.05. The third-order valence-electron chi connectivity index (χ3n) is 3.22. The van der Waals surface area contributed by atoms with Crippen molar-refractivity contribution in [3.63, 3.8) is 0 Å². The number of nitrogens with one attached hydrogen (secondary N) is 1. The van der Waals surface area contributed by atoms with E-state index < -0.39 is 0 Å². The Hall–Kier alpha value is -1.53. The number of aryl methyl sites for hydroxylation is 1. The number of pyridine rings is 1. The van der Waals surface area contributed by atoms with Crippen molar-refractivity contribution in [2.24, 2.45) is 0 Å². The Morgan fingerprint density at radius 2 is 2.16 bits per heavy atom. The van der Waals surface area contributed by atoms with E-state index in [0.717, 1.165) is 33.9 Å². The van der Waals surface area contributed by atoms with Gasteiger partial charge in [-0.05, 0) is 32.4 Å². The van der Waals surface area contributed by atoms with E-state index in [-0.39, 0.29) is 6.04 Å². The molecule has 0 saturated heterocycles. The summed E-state index contributed by atoms with van der Waals surface area (Å²) in [5, 5.41) is 7.17. The summed E-state index contributed by atoms with van der Waals surface area (Å²) >= 11 is 1.41. The minimum absolute atomic E-state index is 0.179. The van der Waals surface area contributed by atoms with E-state index in [0.29, 0.717) is 0 Å². The van der Waals surface area contributed by atoms with Gasteiger partial charge < -0.3 is 10.1 Å². The molecule has 2 rings (SSSR count). The number of aromatic nitrogens is 3. The van der Waals surface area contributed by atoms with Crippen LogP contribution >= 0.6 is 11.5 Å². The Balaban J connectivity index is 2.28. The Morgan fingerprint density at radius 3 is 2.74 bits per heavy atom. The van der Waals surface area contributed by atoms with Crippen LogP contribution in [-0.4, -0.2) is 28.7 Å². The van der Waals surface area contributed by atoms with Crippen LogP contribution in [0.1, 0.15) is 27.7 Å². The van der Waals surface area contributed by atoms with E-state index in [2.05, 4.69) is 19.9 Å². The molecule has 0 aromatic carbocycles. The lowest BCUT2D eigenvalue weighted by atomic mass is 10.0. The van der Waals surface area contributed by atoms with Gasteiger partial charge in [0.2, 0.25) is 0 Å². The maximum absolute atomic E-state index is 5.44. The molecule has 0 bridgehead atoms. The zero-order valence-electron chi connectivity index (χ0n) is 11.6. The molecular weight excluding hydrogens is 260 g/mol. The molecule has 1 atom stereocenters. The molecule has 0 aliphatic rings. The molecule has 0 amide bonds. The van der Waals surface area contributed by atoms with E-state index in [9.17, 15) is 0 Å². The molecule has 0 spiro atoms. The van der Waals surface area contributed by atoms with Crippen molar-refractivity contribution in [2.45, 2.75) is 26.3 Å². The largest absolute Gasteiger partial charge is 0.496 e. The Morgan fingerprint density at radius 1 is 1.37 bits per heavy atom. The van der Waals surface area contributed by atoms with Gasteiger partial charge in [-0.25, -0.2) is 0 Å². The lowest BCUT2D eigenvalue weighted by Gasteiger charge is -2.17. The summed E-state index contributed by atoms with van der Waals surface area (Å²) in [6.07, 6.45) is 4.45. The first-order chi connectivity index (χ1) is 9.17. The number of ether oxygens (including phenoxy) is 1. The summed E-state index contributed by atoms with van der Waals surface area (Å²) in [7, 11) is 3.63. The van der Waals surface area contributed by atoms with Crippen LogP contribution in [0.2, 0.25) is 0 Å². The Labute approximate surface area is 117 Å². The Kier molecular flexibility index (Phi) is 4.44. The van der Waals surface area contributed by atoms with Crippen molar-refractivity contribution in [3.05, 3.63) is 34.1 Å². The quantitative estimate of drug-likeness (QED) is 0.907. The molecule has 0 saturated carbocycles. The van der Waals surface area contributed by atoms with Gasteiger partial charge in [0.1, 0.15) is 5.75 Å². The van der Waals surface area contributed by atoms with Crippen LogP contribution in [0, 0.1) is 13.8 Å². The van der Waals surface area contributed by atoms with Gasteiger partial charge in [0.05, 0.1) is 24.2 Å². The van der Waals surface area contributed by atoms with E-state index in [1.54, 1.807) is 13.3 Å². The SMILES string of the molecule is CNC(Cc1ncc(C)c(OC)c1C)c1cnns1. The average molecular weight is 278 g/mol. The molecule has 1 unspecified atom stereocenters. The van der Waals surface area contributed by atoms with E-state index >= 15 is 0 Å². The molecule has 19 heavy (non-hydrogen) atoms.